The number of hydrogen-bond donors (Lipinski definition) is 1. The lowest BCUT2D eigenvalue weighted by molar-refractivity contribution is -0.199. The number of urea groups is 1. The van der Waals surface area contributed by atoms with Crippen LogP contribution in [-0.2, 0) is 14.3 Å². The number of carbonyl (C=O) groups is 2. The summed E-state index contributed by atoms with van der Waals surface area (Å²) in [5.41, 5.74) is 5.49. The van der Waals surface area contributed by atoms with Crippen LogP contribution in [0.25, 0.3) is 0 Å². The molecule has 160 valence electrons. The average Bonchev–Trinajstić information content (AvgIpc) is 3.00. The topological polar surface area (TPSA) is 97.6 Å². The number of nitrogens with zero attached hydrogens (tertiary/aromatic N) is 3. The van der Waals surface area contributed by atoms with Gasteiger partial charge in [0.15, 0.2) is 0 Å². The summed E-state index contributed by atoms with van der Waals surface area (Å²) in [5, 5.41) is 0.982. The Morgan fingerprint density at radius 1 is 1.34 bits per heavy atom. The van der Waals surface area contributed by atoms with Crippen LogP contribution in [0.5, 0.6) is 0 Å². The number of nitrogens with two attached hydrogens (primary N) is 1. The number of carbonyl (C=O) groups excluding carboxylic acids is 2. The second-order valence-corrected chi connectivity index (χ2v) is 7.93. The van der Waals surface area contributed by atoms with Gasteiger partial charge in [-0.15, -0.1) is 0 Å². The van der Waals surface area contributed by atoms with E-state index in [0.29, 0.717) is 37.7 Å². The maximum absolute atomic E-state index is 14.7. The summed E-state index contributed by atoms with van der Waals surface area (Å²) >= 11 is 0. The van der Waals surface area contributed by atoms with E-state index in [-0.39, 0.29) is 13.1 Å². The second kappa shape index (κ2) is 8.42. The van der Waals surface area contributed by atoms with Crippen LogP contribution in [0.15, 0.2) is 18.2 Å². The lowest BCUT2D eigenvalue weighted by atomic mass is 10.2. The molecule has 2 heterocycles. The Balaban J connectivity index is 1.78. The highest BCUT2D eigenvalue weighted by molar-refractivity contribution is 5.94. The van der Waals surface area contributed by atoms with Crippen LogP contribution >= 0.6 is 0 Å². The van der Waals surface area contributed by atoms with Gasteiger partial charge >= 0.3 is 12.1 Å². The molecule has 3 rings (SSSR count). The van der Waals surface area contributed by atoms with E-state index >= 15 is 0 Å². The zero-order valence-corrected chi connectivity index (χ0v) is 16.9. The predicted octanol–water partition coefficient (Wildman–Crippen LogP) is 2.10. The molecule has 2 N–H and O–H groups in total. The third-order valence-electron chi connectivity index (χ3n) is 4.46. The first-order valence-electron chi connectivity index (χ1n) is 9.51. The van der Waals surface area contributed by atoms with Crippen LogP contribution in [0.4, 0.5) is 25.4 Å². The molecule has 1 aromatic carbocycles. The number of para-hydroxylation sites is 1. The van der Waals surface area contributed by atoms with Crippen LogP contribution in [0, 0.1) is 5.82 Å². The Morgan fingerprint density at radius 2 is 2.03 bits per heavy atom. The fraction of sp³-hybridized carbons (Fsp3) is 0.579. The molecule has 2 aliphatic heterocycles. The molecule has 2 aliphatic rings. The number of hydroxylamine groups is 2. The molecule has 29 heavy (non-hydrogen) atoms. The largest absolute Gasteiger partial charge is 0.442 e. The third kappa shape index (κ3) is 5.07. The van der Waals surface area contributed by atoms with Crippen LogP contribution in [0.1, 0.15) is 20.8 Å². The number of cyclic esters (lactones) is 1. The first kappa shape index (κ1) is 21.1. The van der Waals surface area contributed by atoms with Crippen molar-refractivity contribution in [1.82, 2.24) is 5.06 Å². The quantitative estimate of drug-likeness (QED) is 0.747. The highest BCUT2D eigenvalue weighted by Crippen LogP contribution is 2.35. The minimum Gasteiger partial charge on any atom is -0.442 e. The highest BCUT2D eigenvalue weighted by atomic mass is 19.1. The van der Waals surface area contributed by atoms with Gasteiger partial charge in [0.1, 0.15) is 11.9 Å². The first-order valence-corrected chi connectivity index (χ1v) is 9.51. The number of halogens is 1. The third-order valence-corrected chi connectivity index (χ3v) is 4.46. The van der Waals surface area contributed by atoms with Crippen LogP contribution in [0.3, 0.4) is 0 Å². The van der Waals surface area contributed by atoms with Crippen molar-refractivity contribution in [3.05, 3.63) is 24.0 Å². The van der Waals surface area contributed by atoms with Crippen molar-refractivity contribution in [2.24, 2.45) is 5.73 Å². The Morgan fingerprint density at radius 3 is 2.66 bits per heavy atom. The summed E-state index contributed by atoms with van der Waals surface area (Å²) in [4.78, 5) is 33.0. The second-order valence-electron chi connectivity index (χ2n) is 7.93. The van der Waals surface area contributed by atoms with Crippen molar-refractivity contribution >= 4 is 23.5 Å². The zero-order valence-electron chi connectivity index (χ0n) is 16.9. The van der Waals surface area contributed by atoms with Gasteiger partial charge in [0.2, 0.25) is 0 Å². The smallest absolute Gasteiger partial charge is 0.414 e. The van der Waals surface area contributed by atoms with E-state index < -0.39 is 29.6 Å². The Kier molecular flexibility index (Phi) is 6.13. The molecular weight excluding hydrogens is 383 g/mol. The number of ether oxygens (including phenoxy) is 2. The van der Waals surface area contributed by atoms with E-state index in [1.165, 1.54) is 11.0 Å². The molecule has 9 nitrogen and oxygen atoms in total. The van der Waals surface area contributed by atoms with E-state index in [9.17, 15) is 14.0 Å². The summed E-state index contributed by atoms with van der Waals surface area (Å²) in [6.45, 7) is 7.45. The van der Waals surface area contributed by atoms with Crippen molar-refractivity contribution in [2.45, 2.75) is 32.5 Å². The molecule has 1 aromatic rings. The molecular formula is C19H27FN4O5. The number of primary amides is 1. The molecule has 0 aromatic heterocycles. The van der Waals surface area contributed by atoms with Gasteiger partial charge < -0.3 is 20.1 Å². The molecule has 2 fully saturated rings. The fourth-order valence-corrected chi connectivity index (χ4v) is 3.32. The molecule has 3 amide bonds. The van der Waals surface area contributed by atoms with Gasteiger partial charge in [-0.1, -0.05) is 6.07 Å². The number of hydrogen-bond acceptors (Lipinski definition) is 6. The molecule has 0 spiro atoms. The Labute approximate surface area is 169 Å². The molecule has 0 radical (unpaired) electrons. The maximum Gasteiger partial charge on any atom is 0.414 e. The van der Waals surface area contributed by atoms with Gasteiger partial charge in [0, 0.05) is 13.1 Å². The lowest BCUT2D eigenvalue weighted by Crippen LogP contribution is -2.46. The van der Waals surface area contributed by atoms with E-state index in [2.05, 4.69) is 0 Å². The Hall–Kier alpha value is -2.59. The molecule has 0 aliphatic carbocycles. The van der Waals surface area contributed by atoms with Gasteiger partial charge in [0.05, 0.1) is 43.3 Å². The lowest BCUT2D eigenvalue weighted by Gasteiger charge is -2.32. The number of morpholine rings is 1. The van der Waals surface area contributed by atoms with Gasteiger partial charge in [-0.3, -0.25) is 9.74 Å². The molecule has 1 atom stereocenters. The molecule has 2 saturated heterocycles. The zero-order chi connectivity index (χ0) is 21.2. The standard InChI is InChI=1S/C19H27FN4O5/c1-19(2,3)29-24(17(21)25)12-13-11-23(18(26)28-13)15-6-4-5-14(20)16(15)22-7-9-27-10-8-22/h4-6,13H,7-12H2,1-3H3,(H2,21,25). The normalized spacial score (nSPS) is 20.0. The summed E-state index contributed by atoms with van der Waals surface area (Å²) < 4.78 is 25.4. The number of rotatable bonds is 5. The van der Waals surface area contributed by atoms with E-state index in [1.54, 1.807) is 32.9 Å². The van der Waals surface area contributed by atoms with Crippen LogP contribution in [-0.4, -0.2) is 68.3 Å². The van der Waals surface area contributed by atoms with E-state index in [1.807, 2.05) is 4.90 Å². The van der Waals surface area contributed by atoms with Gasteiger partial charge in [-0.25, -0.2) is 14.0 Å². The minimum absolute atomic E-state index is 0.0307. The SMILES string of the molecule is CC(C)(C)ON(CC1CN(c2cccc(F)c2N2CCOCC2)C(=O)O1)C(N)=O. The van der Waals surface area contributed by atoms with Gasteiger partial charge in [-0.05, 0) is 32.9 Å². The number of anilines is 2. The van der Waals surface area contributed by atoms with Crippen molar-refractivity contribution in [1.29, 1.82) is 0 Å². The summed E-state index contributed by atoms with van der Waals surface area (Å²) in [5.74, 6) is -0.421. The molecule has 0 bridgehead atoms. The van der Waals surface area contributed by atoms with Crippen molar-refractivity contribution < 1.29 is 28.3 Å². The van der Waals surface area contributed by atoms with Crippen LogP contribution in [0.2, 0.25) is 0 Å². The Bertz CT molecular complexity index is 763. The van der Waals surface area contributed by atoms with E-state index in [4.69, 9.17) is 20.0 Å². The summed E-state index contributed by atoms with van der Waals surface area (Å²) in [7, 11) is 0. The monoisotopic (exact) mass is 410 g/mol. The number of benzene rings is 1. The van der Waals surface area contributed by atoms with Crippen molar-refractivity contribution in [2.75, 3.05) is 49.2 Å². The molecule has 1 unspecified atom stereocenters. The molecule has 10 heteroatoms. The maximum atomic E-state index is 14.7. The first-order chi connectivity index (χ1) is 13.7. The summed E-state index contributed by atoms with van der Waals surface area (Å²) in [6.07, 6.45) is -1.28. The minimum atomic E-state index is -0.783. The van der Waals surface area contributed by atoms with Gasteiger partial charge in [-0.2, -0.15) is 5.06 Å². The van der Waals surface area contributed by atoms with Gasteiger partial charge in [0.25, 0.3) is 0 Å². The summed E-state index contributed by atoms with van der Waals surface area (Å²) in [6, 6.07) is 3.80. The van der Waals surface area contributed by atoms with Crippen LogP contribution < -0.4 is 15.5 Å². The predicted molar refractivity (Wildman–Crippen MR) is 104 cm³/mol. The molecule has 0 saturated carbocycles. The average molecular weight is 410 g/mol. The highest BCUT2D eigenvalue weighted by Gasteiger charge is 2.37. The number of amides is 3. The van der Waals surface area contributed by atoms with E-state index in [0.717, 1.165) is 5.06 Å². The van der Waals surface area contributed by atoms with Crippen molar-refractivity contribution in [3.63, 3.8) is 0 Å². The van der Waals surface area contributed by atoms with Crippen molar-refractivity contribution in [3.8, 4) is 0 Å². The fourth-order valence-electron chi connectivity index (χ4n) is 3.32.